The number of hydrogen-bond acceptors (Lipinski definition) is 5. The zero-order chi connectivity index (χ0) is 31.7. The normalized spacial score (nSPS) is 13.8. The molecule has 0 aliphatic carbocycles. The number of benzene rings is 4. The number of guanidine groups is 1. The Kier molecular flexibility index (Phi) is 9.92. The molecule has 0 radical (unpaired) electrons. The molecule has 232 valence electrons. The van der Waals surface area contributed by atoms with Gasteiger partial charge in [0.2, 0.25) is 17.0 Å². The summed E-state index contributed by atoms with van der Waals surface area (Å²) in [6.07, 6.45) is 0. The third-order valence-electron chi connectivity index (χ3n) is 7.71. The van der Waals surface area contributed by atoms with Gasteiger partial charge >= 0.3 is 0 Å². The molecule has 0 saturated carbocycles. The first-order chi connectivity index (χ1) is 22.5. The van der Waals surface area contributed by atoms with Crippen LogP contribution in [0.4, 0.5) is 11.6 Å². The fourth-order valence-electron chi connectivity index (χ4n) is 5.61. The molecule has 9 heteroatoms. The summed E-state index contributed by atoms with van der Waals surface area (Å²) in [5.74, 6) is 2.63. The lowest BCUT2D eigenvalue weighted by molar-refractivity contribution is 0.150. The van der Waals surface area contributed by atoms with Gasteiger partial charge in [-0.15, -0.1) is 0 Å². The Bertz CT molecular complexity index is 1700. The predicted molar refractivity (Wildman–Crippen MR) is 190 cm³/mol. The lowest BCUT2D eigenvalue weighted by atomic mass is 9.96. The molecule has 0 unspecified atom stereocenters. The van der Waals surface area contributed by atoms with Crippen molar-refractivity contribution in [3.05, 3.63) is 144 Å². The van der Waals surface area contributed by atoms with Crippen molar-refractivity contribution in [3.8, 4) is 11.5 Å². The highest BCUT2D eigenvalue weighted by Gasteiger charge is 2.28. The molecule has 2 heterocycles. The van der Waals surface area contributed by atoms with Gasteiger partial charge in [-0.3, -0.25) is 10.2 Å². The first-order valence-electron chi connectivity index (χ1n) is 15.4. The van der Waals surface area contributed by atoms with E-state index in [-0.39, 0.29) is 6.04 Å². The zero-order valence-corrected chi connectivity index (χ0v) is 26.8. The molecule has 0 bridgehead atoms. The first kappa shape index (κ1) is 30.9. The van der Waals surface area contributed by atoms with Gasteiger partial charge in [0.05, 0.1) is 6.04 Å². The monoisotopic (exact) mass is 627 g/mol. The summed E-state index contributed by atoms with van der Waals surface area (Å²) in [6.45, 7) is 7.10. The Morgan fingerprint density at radius 2 is 1.22 bits per heavy atom. The van der Waals surface area contributed by atoms with Crippen LogP contribution in [0.1, 0.15) is 28.6 Å². The van der Waals surface area contributed by atoms with E-state index in [9.17, 15) is 0 Å². The van der Waals surface area contributed by atoms with E-state index in [1.807, 2.05) is 74.5 Å². The van der Waals surface area contributed by atoms with Crippen LogP contribution in [0.2, 0.25) is 0 Å². The molecule has 1 aromatic heterocycles. The van der Waals surface area contributed by atoms with Crippen LogP contribution < -0.4 is 15.4 Å². The summed E-state index contributed by atoms with van der Waals surface area (Å²) < 4.78 is 5.93. The molecule has 0 atom stereocenters. The topological polar surface area (TPSA) is 77.9 Å². The Morgan fingerprint density at radius 3 is 1.78 bits per heavy atom. The van der Waals surface area contributed by atoms with Crippen molar-refractivity contribution in [2.75, 3.05) is 36.8 Å². The first-order valence-corrected chi connectivity index (χ1v) is 15.8. The second kappa shape index (κ2) is 14.8. The standard InChI is InChI=1S/C37H37N7OS/c1-27-26-28(2)39-35(38-27)41-36(42-37(46)40-31-18-20-33(21-19-31)45-32-16-10-5-11-17-32)44-24-22-43(23-25-44)34(29-12-6-3-7-13-29)30-14-8-4-9-15-30/h3-21,26,34H,22-25H2,1-2H3,(H2,38,39,40,41,42,46). The number of para-hydroxylation sites is 1. The number of nitrogens with one attached hydrogen (secondary N) is 2. The average Bonchev–Trinajstić information content (AvgIpc) is 3.07. The van der Waals surface area contributed by atoms with Gasteiger partial charge in [-0.05, 0) is 79.7 Å². The maximum atomic E-state index is 5.93. The minimum atomic E-state index is 0.164. The second-order valence-corrected chi connectivity index (χ2v) is 11.5. The van der Waals surface area contributed by atoms with E-state index in [0.29, 0.717) is 17.0 Å². The van der Waals surface area contributed by atoms with E-state index >= 15 is 0 Å². The molecular formula is C37H37N7OS. The van der Waals surface area contributed by atoms with Gasteiger partial charge in [0.25, 0.3) is 0 Å². The number of nitrogens with zero attached hydrogens (tertiary/aromatic N) is 5. The number of piperazine rings is 1. The smallest absolute Gasteiger partial charge is 0.229 e. The average molecular weight is 628 g/mol. The van der Waals surface area contributed by atoms with E-state index in [4.69, 9.17) is 21.9 Å². The summed E-state index contributed by atoms with van der Waals surface area (Å²) in [5.41, 5.74) is 5.14. The molecular weight excluding hydrogens is 591 g/mol. The molecule has 5 aromatic rings. The molecule has 0 amide bonds. The number of hydrogen-bond donors (Lipinski definition) is 2. The van der Waals surface area contributed by atoms with Crippen molar-refractivity contribution in [2.24, 2.45) is 4.99 Å². The molecule has 1 aliphatic heterocycles. The van der Waals surface area contributed by atoms with Gasteiger partial charge in [-0.1, -0.05) is 78.9 Å². The van der Waals surface area contributed by atoms with Crippen LogP contribution in [0.25, 0.3) is 0 Å². The molecule has 4 aromatic carbocycles. The lowest BCUT2D eigenvalue weighted by Crippen LogP contribution is -2.52. The minimum absolute atomic E-state index is 0.164. The third kappa shape index (κ3) is 8.12. The number of aliphatic imine (C=N–C) groups is 1. The van der Waals surface area contributed by atoms with Crippen LogP contribution in [-0.2, 0) is 0 Å². The number of rotatable bonds is 7. The van der Waals surface area contributed by atoms with Crippen molar-refractivity contribution in [1.82, 2.24) is 19.8 Å². The van der Waals surface area contributed by atoms with Crippen LogP contribution in [0.15, 0.2) is 126 Å². The maximum Gasteiger partial charge on any atom is 0.229 e. The number of aryl methyl sites for hydroxylation is 2. The van der Waals surface area contributed by atoms with Gasteiger partial charge in [-0.25, -0.2) is 9.97 Å². The van der Waals surface area contributed by atoms with Gasteiger partial charge in [0.15, 0.2) is 0 Å². The summed E-state index contributed by atoms with van der Waals surface area (Å²) in [6, 6.07) is 40.9. The van der Waals surface area contributed by atoms with Crippen molar-refractivity contribution in [1.29, 1.82) is 0 Å². The van der Waals surface area contributed by atoms with E-state index in [2.05, 4.69) is 91.1 Å². The summed E-state index contributed by atoms with van der Waals surface area (Å²) >= 11 is 5.73. The fourth-order valence-corrected chi connectivity index (χ4v) is 5.82. The summed E-state index contributed by atoms with van der Waals surface area (Å²) in [5, 5.41) is 6.96. The Morgan fingerprint density at radius 1 is 0.696 bits per heavy atom. The molecule has 0 spiro atoms. The van der Waals surface area contributed by atoms with E-state index < -0.39 is 0 Å². The van der Waals surface area contributed by atoms with Crippen molar-refractivity contribution in [3.63, 3.8) is 0 Å². The van der Waals surface area contributed by atoms with Crippen molar-refractivity contribution in [2.45, 2.75) is 19.9 Å². The van der Waals surface area contributed by atoms with Gasteiger partial charge in [0, 0.05) is 43.3 Å². The second-order valence-electron chi connectivity index (χ2n) is 11.2. The van der Waals surface area contributed by atoms with Gasteiger partial charge in [0.1, 0.15) is 11.5 Å². The Labute approximate surface area is 275 Å². The number of thiocarbonyl (C=S) groups is 1. The zero-order valence-electron chi connectivity index (χ0n) is 26.0. The van der Waals surface area contributed by atoms with Crippen LogP contribution >= 0.6 is 12.2 Å². The number of aromatic nitrogens is 2. The largest absolute Gasteiger partial charge is 0.457 e. The lowest BCUT2D eigenvalue weighted by Gasteiger charge is -2.40. The van der Waals surface area contributed by atoms with E-state index in [1.54, 1.807) is 0 Å². The minimum Gasteiger partial charge on any atom is -0.457 e. The molecule has 8 nitrogen and oxygen atoms in total. The van der Waals surface area contributed by atoms with Crippen LogP contribution in [0.5, 0.6) is 11.5 Å². The highest BCUT2D eigenvalue weighted by atomic mass is 32.1. The highest BCUT2D eigenvalue weighted by Crippen LogP contribution is 2.29. The number of ether oxygens (including phenoxy) is 1. The fraction of sp³-hybridized carbons (Fsp3) is 0.189. The van der Waals surface area contributed by atoms with Crippen LogP contribution in [-0.4, -0.2) is 57.0 Å². The van der Waals surface area contributed by atoms with Gasteiger partial charge < -0.3 is 15.0 Å². The Hall–Kier alpha value is -5.12. The van der Waals surface area contributed by atoms with E-state index in [0.717, 1.165) is 54.8 Å². The maximum absolute atomic E-state index is 5.93. The quantitative estimate of drug-likeness (QED) is 0.109. The van der Waals surface area contributed by atoms with Crippen LogP contribution in [0.3, 0.4) is 0 Å². The molecule has 2 N–H and O–H groups in total. The van der Waals surface area contributed by atoms with Crippen molar-refractivity contribution >= 4 is 34.9 Å². The SMILES string of the molecule is Cc1cc(C)nc(N/C(=N/C(=S)Nc2ccc(Oc3ccccc3)cc2)N2CCN(C(c3ccccc3)c3ccccc3)CC2)n1. The molecule has 6 rings (SSSR count). The van der Waals surface area contributed by atoms with Crippen LogP contribution in [0, 0.1) is 13.8 Å². The van der Waals surface area contributed by atoms with Crippen molar-refractivity contribution < 1.29 is 4.74 Å². The Balaban J connectivity index is 1.19. The summed E-state index contributed by atoms with van der Waals surface area (Å²) in [4.78, 5) is 18.8. The molecule has 1 aliphatic rings. The predicted octanol–water partition coefficient (Wildman–Crippen LogP) is 7.46. The molecule has 1 fully saturated rings. The molecule has 46 heavy (non-hydrogen) atoms. The molecule has 1 saturated heterocycles. The van der Waals surface area contributed by atoms with Gasteiger partial charge in [-0.2, -0.15) is 4.99 Å². The third-order valence-corrected chi connectivity index (χ3v) is 7.90. The van der Waals surface area contributed by atoms with E-state index in [1.165, 1.54) is 11.1 Å². The highest BCUT2D eigenvalue weighted by molar-refractivity contribution is 7.80. The summed E-state index contributed by atoms with van der Waals surface area (Å²) in [7, 11) is 0. The number of anilines is 2.